The van der Waals surface area contributed by atoms with Gasteiger partial charge in [-0.3, -0.25) is 0 Å². The molecule has 0 saturated heterocycles. The fourth-order valence-electron chi connectivity index (χ4n) is 2.43. The third-order valence-corrected chi connectivity index (χ3v) is 4.26. The molecule has 1 N–H and O–H groups in total. The van der Waals surface area contributed by atoms with Crippen molar-refractivity contribution < 1.29 is 18.3 Å². The normalized spacial score (nSPS) is 12.1. The number of carboxylic acids is 1. The van der Waals surface area contributed by atoms with Crippen molar-refractivity contribution in [1.29, 1.82) is 0 Å². The molecule has 0 aliphatic heterocycles. The van der Waals surface area contributed by atoms with Gasteiger partial charge in [0.25, 0.3) is 0 Å². The molecule has 1 heterocycles. The van der Waals surface area contributed by atoms with Gasteiger partial charge in [0.2, 0.25) is 10.0 Å². The minimum Gasteiger partial charge on any atom is -0.478 e. The van der Waals surface area contributed by atoms with E-state index in [-0.39, 0.29) is 5.56 Å². The molecule has 0 aliphatic carbocycles. The summed E-state index contributed by atoms with van der Waals surface area (Å²) in [5.41, 5.74) is 0.992. The first-order chi connectivity index (χ1) is 9.39. The highest BCUT2D eigenvalue weighted by molar-refractivity contribution is 7.89. The molecule has 0 atom stereocenters. The summed E-state index contributed by atoms with van der Waals surface area (Å²) in [7, 11) is -3.53. The number of nitrogens with zero attached hydrogens (tertiary/aromatic N) is 1. The number of aromatic carboxylic acids is 1. The number of carbonyl (C=O) groups is 1. The molecule has 0 bridgehead atoms. The van der Waals surface area contributed by atoms with Crippen molar-refractivity contribution in [3.63, 3.8) is 0 Å². The molecular weight excluding hydrogens is 278 g/mol. The fourth-order valence-corrected chi connectivity index (χ4v) is 3.45. The summed E-state index contributed by atoms with van der Waals surface area (Å²) in [6.45, 7) is 0. The van der Waals surface area contributed by atoms with Gasteiger partial charge >= 0.3 is 5.97 Å². The molecule has 0 spiro atoms. The molecule has 0 fully saturated rings. The largest absolute Gasteiger partial charge is 0.478 e. The van der Waals surface area contributed by atoms with Crippen LogP contribution >= 0.6 is 0 Å². The number of benzene rings is 2. The maximum absolute atomic E-state index is 12.0. The Morgan fingerprint density at radius 3 is 2.35 bits per heavy atom. The predicted molar refractivity (Wildman–Crippen MR) is 76.6 cm³/mol. The Kier molecular flexibility index (Phi) is 2.58. The molecule has 3 aromatic rings. The SMILES string of the molecule is CS(=O)(=O)n1c2ccccc2c2ccc(C(=O)O)cc21. The maximum Gasteiger partial charge on any atom is 0.335 e. The minimum absolute atomic E-state index is 0.0604. The first kappa shape index (κ1) is 12.7. The van der Waals surface area contributed by atoms with Crippen molar-refractivity contribution in [3.8, 4) is 0 Å². The Hall–Kier alpha value is -2.34. The van der Waals surface area contributed by atoms with Crippen molar-refractivity contribution in [3.05, 3.63) is 48.0 Å². The summed E-state index contributed by atoms with van der Waals surface area (Å²) in [5, 5.41) is 10.6. The zero-order valence-corrected chi connectivity index (χ0v) is 11.4. The molecule has 0 unspecified atom stereocenters. The summed E-state index contributed by atoms with van der Waals surface area (Å²) in [6.07, 6.45) is 1.10. The molecule has 0 aliphatic rings. The number of carboxylic acid groups (broad SMARTS) is 1. The summed E-state index contributed by atoms with van der Waals surface area (Å²) in [6, 6.07) is 11.6. The van der Waals surface area contributed by atoms with Gasteiger partial charge in [-0.2, -0.15) is 0 Å². The lowest BCUT2D eigenvalue weighted by atomic mass is 10.1. The number of hydrogen-bond acceptors (Lipinski definition) is 3. The van der Waals surface area contributed by atoms with Crippen molar-refractivity contribution in [2.24, 2.45) is 0 Å². The molecule has 0 radical (unpaired) electrons. The van der Waals surface area contributed by atoms with Gasteiger partial charge in [-0.1, -0.05) is 24.3 Å². The van der Waals surface area contributed by atoms with Gasteiger partial charge in [0.15, 0.2) is 0 Å². The van der Waals surface area contributed by atoms with Crippen LogP contribution in [-0.2, 0) is 10.0 Å². The quantitative estimate of drug-likeness (QED) is 0.785. The van der Waals surface area contributed by atoms with E-state index in [0.29, 0.717) is 11.0 Å². The van der Waals surface area contributed by atoms with E-state index in [2.05, 4.69) is 0 Å². The standard InChI is InChI=1S/C14H11NO4S/c1-20(18,19)15-12-5-3-2-4-10(12)11-7-6-9(14(16)17)8-13(11)15/h2-8H,1H3,(H,16,17). The molecule has 0 saturated carbocycles. The molecule has 2 aromatic carbocycles. The lowest BCUT2D eigenvalue weighted by Gasteiger charge is -2.04. The molecular formula is C14H11NO4S. The third-order valence-electron chi connectivity index (χ3n) is 3.21. The van der Waals surface area contributed by atoms with Gasteiger partial charge in [0, 0.05) is 10.8 Å². The summed E-state index contributed by atoms with van der Waals surface area (Å²) >= 11 is 0. The van der Waals surface area contributed by atoms with Crippen LogP contribution in [0.3, 0.4) is 0 Å². The zero-order valence-electron chi connectivity index (χ0n) is 10.6. The van der Waals surface area contributed by atoms with Gasteiger partial charge in [0.05, 0.1) is 22.9 Å². The van der Waals surface area contributed by atoms with Crippen molar-refractivity contribution >= 4 is 37.8 Å². The van der Waals surface area contributed by atoms with E-state index in [1.807, 2.05) is 12.1 Å². The Bertz CT molecular complexity index is 954. The smallest absolute Gasteiger partial charge is 0.335 e. The Labute approximate surface area is 115 Å². The molecule has 0 amide bonds. The average Bonchev–Trinajstić information content (AvgIpc) is 2.71. The molecule has 5 nitrogen and oxygen atoms in total. The number of para-hydroxylation sites is 1. The fraction of sp³-hybridized carbons (Fsp3) is 0.0714. The molecule has 6 heteroatoms. The maximum atomic E-state index is 12.0. The van der Waals surface area contributed by atoms with Crippen LogP contribution in [0.1, 0.15) is 10.4 Å². The van der Waals surface area contributed by atoms with Crippen LogP contribution in [-0.4, -0.2) is 29.7 Å². The van der Waals surface area contributed by atoms with E-state index in [1.54, 1.807) is 18.2 Å². The van der Waals surface area contributed by atoms with Crippen LogP contribution in [0.25, 0.3) is 21.8 Å². The highest BCUT2D eigenvalue weighted by Crippen LogP contribution is 2.30. The van der Waals surface area contributed by atoms with Crippen molar-refractivity contribution in [2.75, 3.05) is 6.26 Å². The molecule has 1 aromatic heterocycles. The van der Waals surface area contributed by atoms with E-state index in [4.69, 9.17) is 5.11 Å². The lowest BCUT2D eigenvalue weighted by Crippen LogP contribution is -2.09. The van der Waals surface area contributed by atoms with Gasteiger partial charge in [-0.25, -0.2) is 17.2 Å². The van der Waals surface area contributed by atoms with E-state index in [9.17, 15) is 13.2 Å². The van der Waals surface area contributed by atoms with Crippen LogP contribution in [0.4, 0.5) is 0 Å². The molecule has 102 valence electrons. The van der Waals surface area contributed by atoms with Crippen LogP contribution in [0, 0.1) is 0 Å². The topological polar surface area (TPSA) is 76.4 Å². The monoisotopic (exact) mass is 289 g/mol. The predicted octanol–water partition coefficient (Wildman–Crippen LogP) is 2.30. The number of hydrogen-bond donors (Lipinski definition) is 1. The Morgan fingerprint density at radius 2 is 1.70 bits per heavy atom. The zero-order chi connectivity index (χ0) is 14.5. The van der Waals surface area contributed by atoms with Gasteiger partial charge < -0.3 is 5.11 Å². The average molecular weight is 289 g/mol. The number of aromatic nitrogens is 1. The van der Waals surface area contributed by atoms with E-state index >= 15 is 0 Å². The summed E-state index contributed by atoms with van der Waals surface area (Å²) in [5.74, 6) is -1.09. The van der Waals surface area contributed by atoms with Gasteiger partial charge in [-0.05, 0) is 18.2 Å². The Morgan fingerprint density at radius 1 is 1.05 bits per heavy atom. The van der Waals surface area contributed by atoms with Crippen molar-refractivity contribution in [1.82, 2.24) is 3.97 Å². The lowest BCUT2D eigenvalue weighted by molar-refractivity contribution is 0.0697. The van der Waals surface area contributed by atoms with Gasteiger partial charge in [0.1, 0.15) is 0 Å². The Balaban J connectivity index is 2.59. The van der Waals surface area contributed by atoms with Crippen molar-refractivity contribution in [2.45, 2.75) is 0 Å². The van der Waals surface area contributed by atoms with E-state index in [0.717, 1.165) is 17.0 Å². The number of fused-ring (bicyclic) bond motifs is 3. The van der Waals surface area contributed by atoms with Crippen LogP contribution < -0.4 is 0 Å². The summed E-state index contributed by atoms with van der Waals surface area (Å²) < 4.78 is 25.2. The van der Waals surface area contributed by atoms with Crippen LogP contribution in [0.15, 0.2) is 42.5 Å². The first-order valence-electron chi connectivity index (χ1n) is 5.86. The van der Waals surface area contributed by atoms with E-state index < -0.39 is 16.0 Å². The number of rotatable bonds is 2. The molecule has 20 heavy (non-hydrogen) atoms. The van der Waals surface area contributed by atoms with Crippen LogP contribution in [0.2, 0.25) is 0 Å². The van der Waals surface area contributed by atoms with Crippen LogP contribution in [0.5, 0.6) is 0 Å². The second kappa shape index (κ2) is 4.08. The minimum atomic E-state index is -3.53. The van der Waals surface area contributed by atoms with E-state index in [1.165, 1.54) is 16.1 Å². The summed E-state index contributed by atoms with van der Waals surface area (Å²) in [4.78, 5) is 11.1. The highest BCUT2D eigenvalue weighted by Gasteiger charge is 2.18. The molecule has 3 rings (SSSR count). The second-order valence-corrected chi connectivity index (χ2v) is 6.41. The highest BCUT2D eigenvalue weighted by atomic mass is 32.2. The second-order valence-electron chi connectivity index (χ2n) is 4.58. The first-order valence-corrected chi connectivity index (χ1v) is 7.71. The third kappa shape index (κ3) is 1.77. The van der Waals surface area contributed by atoms with Gasteiger partial charge in [-0.15, -0.1) is 0 Å².